The van der Waals surface area contributed by atoms with Crippen LogP contribution in [0.15, 0.2) is 22.7 Å². The van der Waals surface area contributed by atoms with Gasteiger partial charge in [-0.05, 0) is 23.8 Å². The number of hydrogen-bond donors (Lipinski definition) is 1. The van der Waals surface area contributed by atoms with Gasteiger partial charge in [0, 0.05) is 24.1 Å². The highest BCUT2D eigenvalue weighted by atomic mass is 79.9. The van der Waals surface area contributed by atoms with E-state index < -0.39 is 5.97 Å². The van der Waals surface area contributed by atoms with E-state index in [1.54, 1.807) is 7.11 Å². The maximum Gasteiger partial charge on any atom is 0.309 e. The van der Waals surface area contributed by atoms with Crippen molar-refractivity contribution >= 4 is 21.9 Å². The van der Waals surface area contributed by atoms with Crippen molar-refractivity contribution < 1.29 is 14.6 Å². The Kier molecular flexibility index (Phi) is 3.69. The van der Waals surface area contributed by atoms with Crippen LogP contribution in [0, 0.1) is 5.92 Å². The van der Waals surface area contributed by atoms with E-state index >= 15 is 0 Å². The highest BCUT2D eigenvalue weighted by Crippen LogP contribution is 2.26. The molecule has 1 aliphatic heterocycles. The minimum Gasteiger partial charge on any atom is -0.497 e. The van der Waals surface area contributed by atoms with Crippen LogP contribution in [0.25, 0.3) is 0 Å². The number of carboxylic acid groups (broad SMARTS) is 1. The van der Waals surface area contributed by atoms with Crippen molar-refractivity contribution in [1.29, 1.82) is 0 Å². The molecule has 0 aromatic heterocycles. The van der Waals surface area contributed by atoms with Crippen molar-refractivity contribution in [3.8, 4) is 5.75 Å². The van der Waals surface area contributed by atoms with Gasteiger partial charge in [0.15, 0.2) is 0 Å². The van der Waals surface area contributed by atoms with Crippen molar-refractivity contribution in [2.24, 2.45) is 5.92 Å². The lowest BCUT2D eigenvalue weighted by atomic mass is 9.99. The smallest absolute Gasteiger partial charge is 0.309 e. The number of hydrogen-bond acceptors (Lipinski definition) is 3. The third-order valence-corrected chi connectivity index (χ3v) is 3.73. The van der Waals surface area contributed by atoms with E-state index in [1.807, 2.05) is 18.2 Å². The topological polar surface area (TPSA) is 49.8 Å². The fourth-order valence-electron chi connectivity index (χ4n) is 1.90. The quantitative estimate of drug-likeness (QED) is 0.923. The molecule has 0 amide bonds. The maximum atomic E-state index is 10.7. The summed E-state index contributed by atoms with van der Waals surface area (Å²) in [6.45, 7) is 2.00. The van der Waals surface area contributed by atoms with Gasteiger partial charge in [0.2, 0.25) is 0 Å². The zero-order valence-electron chi connectivity index (χ0n) is 9.52. The van der Waals surface area contributed by atoms with Crippen molar-refractivity contribution in [1.82, 2.24) is 4.90 Å². The van der Waals surface area contributed by atoms with Gasteiger partial charge in [0.05, 0.1) is 13.0 Å². The van der Waals surface area contributed by atoms with E-state index in [4.69, 9.17) is 9.84 Å². The van der Waals surface area contributed by atoms with Crippen LogP contribution in [0.3, 0.4) is 0 Å². The Hall–Kier alpha value is -1.07. The van der Waals surface area contributed by atoms with Crippen LogP contribution in [0.4, 0.5) is 0 Å². The molecule has 4 nitrogen and oxygen atoms in total. The Morgan fingerprint density at radius 1 is 1.59 bits per heavy atom. The van der Waals surface area contributed by atoms with Crippen LogP contribution in [0.1, 0.15) is 5.56 Å². The molecule has 1 aliphatic rings. The average molecular weight is 300 g/mol. The predicted octanol–water partition coefficient (Wildman–Crippen LogP) is 1.97. The molecule has 0 bridgehead atoms. The van der Waals surface area contributed by atoms with Crippen molar-refractivity contribution in [2.45, 2.75) is 6.54 Å². The van der Waals surface area contributed by atoms with Crippen LogP contribution in [0.2, 0.25) is 0 Å². The second-order valence-electron chi connectivity index (χ2n) is 4.19. The number of methoxy groups -OCH3 is 1. The first-order valence-corrected chi connectivity index (χ1v) is 6.17. The molecule has 0 spiro atoms. The second kappa shape index (κ2) is 5.06. The molecule has 0 unspecified atom stereocenters. The molecule has 1 aromatic carbocycles. The molecule has 1 aromatic rings. The summed E-state index contributed by atoms with van der Waals surface area (Å²) in [4.78, 5) is 12.8. The molecule has 0 atom stereocenters. The highest BCUT2D eigenvalue weighted by molar-refractivity contribution is 9.10. The number of ether oxygens (including phenoxy) is 1. The van der Waals surface area contributed by atoms with Crippen molar-refractivity contribution in [3.05, 3.63) is 28.2 Å². The number of carboxylic acids is 1. The van der Waals surface area contributed by atoms with Gasteiger partial charge in [-0.15, -0.1) is 0 Å². The standard InChI is InChI=1S/C12H14BrNO3/c1-17-10-2-3-11(13)8(4-10)5-14-6-9(7-14)12(15)16/h2-4,9H,5-7H2,1H3,(H,15,16). The second-order valence-corrected chi connectivity index (χ2v) is 5.04. The molecule has 1 fully saturated rings. The van der Waals surface area contributed by atoms with E-state index in [9.17, 15) is 4.79 Å². The van der Waals surface area contributed by atoms with Crippen LogP contribution >= 0.6 is 15.9 Å². The lowest BCUT2D eigenvalue weighted by molar-refractivity contribution is -0.147. The molecule has 0 aliphatic carbocycles. The monoisotopic (exact) mass is 299 g/mol. The first kappa shape index (κ1) is 12.4. The zero-order chi connectivity index (χ0) is 12.4. The summed E-state index contributed by atoms with van der Waals surface area (Å²) in [5.74, 6) is -0.0937. The molecule has 5 heteroatoms. The van der Waals surface area contributed by atoms with Gasteiger partial charge in [-0.25, -0.2) is 0 Å². The van der Waals surface area contributed by atoms with Gasteiger partial charge in [-0.1, -0.05) is 15.9 Å². The molecule has 0 saturated carbocycles. The van der Waals surface area contributed by atoms with E-state index in [-0.39, 0.29) is 5.92 Å². The summed E-state index contributed by atoms with van der Waals surface area (Å²) in [6, 6.07) is 5.81. The molecule has 0 radical (unpaired) electrons. The Labute approximate surface area is 108 Å². The highest BCUT2D eigenvalue weighted by Gasteiger charge is 2.32. The lowest BCUT2D eigenvalue weighted by Gasteiger charge is -2.36. The molecular weight excluding hydrogens is 286 g/mol. The summed E-state index contributed by atoms with van der Waals surface area (Å²) in [6.07, 6.45) is 0. The van der Waals surface area contributed by atoms with Gasteiger partial charge >= 0.3 is 5.97 Å². The summed E-state index contributed by atoms with van der Waals surface area (Å²) >= 11 is 3.49. The maximum absolute atomic E-state index is 10.7. The number of likely N-dealkylation sites (tertiary alicyclic amines) is 1. The molecule has 1 N–H and O–H groups in total. The molecule has 2 rings (SSSR count). The summed E-state index contributed by atoms with van der Waals surface area (Å²) in [5, 5.41) is 8.80. The van der Waals surface area contributed by atoms with Crippen LogP contribution in [-0.4, -0.2) is 36.2 Å². The van der Waals surface area contributed by atoms with Crippen molar-refractivity contribution in [3.63, 3.8) is 0 Å². The molecular formula is C12H14BrNO3. The summed E-state index contributed by atoms with van der Waals surface area (Å²) in [5.41, 5.74) is 1.12. The minimum atomic E-state index is -0.703. The van der Waals surface area contributed by atoms with Crippen LogP contribution in [0.5, 0.6) is 5.75 Å². The number of halogens is 1. The third-order valence-electron chi connectivity index (χ3n) is 2.95. The number of rotatable bonds is 4. The van der Waals surface area contributed by atoms with Gasteiger partial charge in [0.1, 0.15) is 5.75 Å². The minimum absolute atomic E-state index is 0.209. The fourth-order valence-corrected chi connectivity index (χ4v) is 2.27. The summed E-state index contributed by atoms with van der Waals surface area (Å²) in [7, 11) is 1.64. The molecule has 17 heavy (non-hydrogen) atoms. The first-order chi connectivity index (χ1) is 8.10. The lowest BCUT2D eigenvalue weighted by Crippen LogP contribution is -2.49. The Morgan fingerprint density at radius 2 is 2.29 bits per heavy atom. The van der Waals surface area contributed by atoms with E-state index in [0.717, 1.165) is 22.3 Å². The third kappa shape index (κ3) is 2.79. The number of nitrogens with zero attached hydrogens (tertiary/aromatic N) is 1. The van der Waals surface area contributed by atoms with Gasteiger partial charge < -0.3 is 9.84 Å². The number of benzene rings is 1. The number of carbonyl (C=O) groups is 1. The summed E-state index contributed by atoms with van der Waals surface area (Å²) < 4.78 is 6.19. The first-order valence-electron chi connectivity index (χ1n) is 5.37. The Balaban J connectivity index is 1.98. The van der Waals surface area contributed by atoms with Gasteiger partial charge in [-0.2, -0.15) is 0 Å². The van der Waals surface area contributed by atoms with E-state index in [2.05, 4.69) is 20.8 Å². The largest absolute Gasteiger partial charge is 0.497 e. The molecule has 1 heterocycles. The Morgan fingerprint density at radius 3 is 2.88 bits per heavy atom. The Bertz CT molecular complexity index is 430. The normalized spacial score (nSPS) is 16.6. The predicted molar refractivity (Wildman–Crippen MR) is 67.1 cm³/mol. The SMILES string of the molecule is COc1ccc(Br)c(CN2CC(C(=O)O)C2)c1. The number of aliphatic carboxylic acids is 1. The van der Waals surface area contributed by atoms with Crippen LogP contribution in [-0.2, 0) is 11.3 Å². The van der Waals surface area contributed by atoms with Crippen molar-refractivity contribution in [2.75, 3.05) is 20.2 Å². The van der Waals surface area contributed by atoms with E-state index in [0.29, 0.717) is 13.1 Å². The molecule has 92 valence electrons. The van der Waals surface area contributed by atoms with Crippen LogP contribution < -0.4 is 4.74 Å². The molecule has 1 saturated heterocycles. The van der Waals surface area contributed by atoms with Gasteiger partial charge in [-0.3, -0.25) is 9.69 Å². The zero-order valence-corrected chi connectivity index (χ0v) is 11.1. The fraction of sp³-hybridized carbons (Fsp3) is 0.417. The average Bonchev–Trinajstić information content (AvgIpc) is 2.24. The van der Waals surface area contributed by atoms with Gasteiger partial charge in [0.25, 0.3) is 0 Å². The van der Waals surface area contributed by atoms with E-state index in [1.165, 1.54) is 0 Å².